The molecule has 0 aromatic heterocycles. The molecule has 6 N–H and O–H groups in total. The molecule has 0 saturated carbocycles. The van der Waals surface area contributed by atoms with Crippen molar-refractivity contribution in [2.45, 2.75) is 19.6 Å². The summed E-state index contributed by atoms with van der Waals surface area (Å²) in [5.41, 5.74) is 4.25. The summed E-state index contributed by atoms with van der Waals surface area (Å²) in [4.78, 5) is 45.3. The van der Waals surface area contributed by atoms with Gasteiger partial charge in [-0.3, -0.25) is 23.5 Å². The Labute approximate surface area is 302 Å². The van der Waals surface area contributed by atoms with Gasteiger partial charge >= 0.3 is 0 Å². The highest BCUT2D eigenvalue weighted by atomic mass is 32.2. The zero-order chi connectivity index (χ0) is 39.4. The summed E-state index contributed by atoms with van der Waals surface area (Å²) < 4.78 is 117. The lowest BCUT2D eigenvalue weighted by atomic mass is 10.1. The quantitative estimate of drug-likeness (QED) is 0.0693. The number of anilines is 2. The minimum absolute atomic E-state index is 0.0322. The van der Waals surface area contributed by atoms with E-state index in [4.69, 9.17) is 5.73 Å². The first-order chi connectivity index (χ1) is 24.6. The van der Waals surface area contributed by atoms with E-state index in [1.807, 2.05) is 0 Å². The van der Waals surface area contributed by atoms with Crippen molar-refractivity contribution >= 4 is 87.4 Å². The summed E-state index contributed by atoms with van der Waals surface area (Å²) >= 11 is 0. The number of nitrogens with two attached hydrogens (primary N) is 1. The van der Waals surface area contributed by atoms with E-state index in [2.05, 4.69) is 10.6 Å². The zero-order valence-corrected chi connectivity index (χ0v) is 30.0. The van der Waals surface area contributed by atoms with Gasteiger partial charge in [0.2, 0.25) is 5.91 Å². The number of rotatable bonds is 14. The number of benzene rings is 4. The Morgan fingerprint density at radius 2 is 0.962 bits per heavy atom. The molecule has 3 amide bonds. The number of hydrogen-bond donors (Lipinski definition) is 5. The molecule has 4 aromatic carbocycles. The molecule has 0 aliphatic rings. The van der Waals surface area contributed by atoms with Gasteiger partial charge in [-0.2, -0.15) is 16.8 Å². The fourth-order valence-corrected chi connectivity index (χ4v) is 8.05. The fraction of sp³-hybridized carbons (Fsp3) is 0.0625. The van der Waals surface area contributed by atoms with Gasteiger partial charge in [-0.05, 0) is 83.9 Å². The molecule has 0 atom stereocenters. The van der Waals surface area contributed by atoms with Crippen molar-refractivity contribution in [3.8, 4) is 0 Å². The normalized spacial score (nSPS) is 12.3. The van der Waals surface area contributed by atoms with E-state index in [1.165, 1.54) is 24.3 Å². The molecular formula is C32H27N3O14S4. The van der Waals surface area contributed by atoms with Gasteiger partial charge in [-0.25, -0.2) is 16.8 Å². The molecule has 0 bridgehead atoms. The first-order valence-electron chi connectivity index (χ1n) is 14.5. The SMILES string of the molecule is NC(=O)CS(=O)(=O)c1ccc(C(=O)Nc2ccc(/C=C/c3ccc(NC(=O)c4ccc(S(=O)(=O)CC=O)cc4)cc3S(=O)(=O)O)c(S(=O)(=O)O)c2)cc1. The molecule has 53 heavy (non-hydrogen) atoms. The average Bonchev–Trinajstić information content (AvgIpc) is 3.06. The summed E-state index contributed by atoms with van der Waals surface area (Å²) in [7, 11) is -17.9. The Hall–Kier alpha value is -5.58. The summed E-state index contributed by atoms with van der Waals surface area (Å²) in [6.07, 6.45) is 2.39. The first-order valence-corrected chi connectivity index (χ1v) is 20.7. The van der Waals surface area contributed by atoms with Crippen LogP contribution in [-0.4, -0.2) is 78.3 Å². The highest BCUT2D eigenvalue weighted by molar-refractivity contribution is 7.92. The Morgan fingerprint density at radius 3 is 1.30 bits per heavy atom. The van der Waals surface area contributed by atoms with Crippen molar-refractivity contribution in [3.05, 3.63) is 107 Å². The Morgan fingerprint density at radius 1 is 0.585 bits per heavy atom. The van der Waals surface area contributed by atoms with Crippen LogP contribution in [0.2, 0.25) is 0 Å². The first kappa shape index (κ1) is 40.2. The third-order valence-electron chi connectivity index (χ3n) is 7.11. The van der Waals surface area contributed by atoms with Crippen LogP contribution in [0.1, 0.15) is 31.8 Å². The van der Waals surface area contributed by atoms with E-state index in [0.29, 0.717) is 0 Å². The third kappa shape index (κ3) is 10.3. The third-order valence-corrected chi connectivity index (χ3v) is 12.2. The lowest BCUT2D eigenvalue weighted by Gasteiger charge is -2.11. The number of nitrogens with one attached hydrogen (secondary N) is 2. The van der Waals surface area contributed by atoms with Gasteiger partial charge in [-0.1, -0.05) is 24.3 Å². The number of primary amides is 1. The maximum absolute atomic E-state index is 12.8. The van der Waals surface area contributed by atoms with Crippen LogP contribution in [0, 0.1) is 0 Å². The van der Waals surface area contributed by atoms with Crippen LogP contribution in [0.4, 0.5) is 11.4 Å². The van der Waals surface area contributed by atoms with Crippen LogP contribution in [0.5, 0.6) is 0 Å². The molecule has 0 fully saturated rings. The maximum atomic E-state index is 12.8. The second-order valence-electron chi connectivity index (χ2n) is 10.9. The Kier molecular flexibility index (Phi) is 11.8. The van der Waals surface area contributed by atoms with Gasteiger partial charge in [0.25, 0.3) is 32.1 Å². The number of aldehydes is 1. The average molecular weight is 806 g/mol. The number of hydrogen-bond acceptors (Lipinski definition) is 12. The fourth-order valence-electron chi connectivity index (χ4n) is 4.62. The summed E-state index contributed by atoms with van der Waals surface area (Å²) in [5, 5.41) is 4.79. The van der Waals surface area contributed by atoms with Gasteiger partial charge < -0.3 is 21.2 Å². The van der Waals surface area contributed by atoms with Crippen molar-refractivity contribution in [1.29, 1.82) is 0 Å². The van der Waals surface area contributed by atoms with Crippen molar-refractivity contribution in [3.63, 3.8) is 0 Å². The summed E-state index contributed by atoms with van der Waals surface area (Å²) in [5.74, 6) is -4.37. The second kappa shape index (κ2) is 15.6. The lowest BCUT2D eigenvalue weighted by Crippen LogP contribution is -2.23. The predicted octanol–water partition coefficient (Wildman–Crippen LogP) is 2.09. The van der Waals surface area contributed by atoms with Crippen LogP contribution in [0.3, 0.4) is 0 Å². The predicted molar refractivity (Wildman–Crippen MR) is 190 cm³/mol. The van der Waals surface area contributed by atoms with Crippen LogP contribution < -0.4 is 16.4 Å². The number of sulfone groups is 2. The van der Waals surface area contributed by atoms with Crippen molar-refractivity contribution in [1.82, 2.24) is 0 Å². The topological polar surface area (TPSA) is 295 Å². The largest absolute Gasteiger partial charge is 0.369 e. The molecular weight excluding hydrogens is 779 g/mol. The van der Waals surface area contributed by atoms with E-state index >= 15 is 0 Å². The molecule has 0 saturated heterocycles. The van der Waals surface area contributed by atoms with Crippen molar-refractivity contribution in [2.24, 2.45) is 5.73 Å². The molecule has 0 heterocycles. The standard InChI is InChI=1S/C32H27N3O14S4/c33-30(37)19-51(42,43)27-13-7-23(8-14-27)32(39)35-25-10-4-21(29(18-25)53(47,48)49)2-1-20-3-9-24(17-28(20)52(44,45)46)34-31(38)22-5-11-26(12-6-22)50(40,41)16-15-36/h1-15,17-18H,16,19H2,(H2,33,37)(H,34,38)(H,35,39)(H,44,45,46)(H,47,48,49)/b2-1+. The Balaban J connectivity index is 1.57. The summed E-state index contributed by atoms with van der Waals surface area (Å²) in [6.45, 7) is 0. The van der Waals surface area contributed by atoms with Gasteiger partial charge in [-0.15, -0.1) is 0 Å². The van der Waals surface area contributed by atoms with Crippen LogP contribution in [0.15, 0.2) is 105 Å². The van der Waals surface area contributed by atoms with Crippen LogP contribution in [-0.2, 0) is 49.5 Å². The van der Waals surface area contributed by atoms with Gasteiger partial charge in [0.1, 0.15) is 27.6 Å². The minimum Gasteiger partial charge on any atom is -0.369 e. The summed E-state index contributed by atoms with van der Waals surface area (Å²) in [6, 6.07) is 15.6. The van der Waals surface area contributed by atoms with E-state index in [-0.39, 0.29) is 49.7 Å². The van der Waals surface area contributed by atoms with E-state index in [9.17, 15) is 62.0 Å². The molecule has 17 nitrogen and oxygen atoms in total. The van der Waals surface area contributed by atoms with Crippen LogP contribution in [0.25, 0.3) is 12.2 Å². The lowest BCUT2D eigenvalue weighted by molar-refractivity contribution is -0.115. The molecule has 4 aromatic rings. The monoisotopic (exact) mass is 805 g/mol. The molecule has 4 rings (SSSR count). The second-order valence-corrected chi connectivity index (χ2v) is 17.7. The van der Waals surface area contributed by atoms with Crippen molar-refractivity contribution in [2.75, 3.05) is 22.1 Å². The van der Waals surface area contributed by atoms with Gasteiger partial charge in [0, 0.05) is 22.5 Å². The number of carbonyl (C=O) groups is 4. The smallest absolute Gasteiger partial charge is 0.295 e. The van der Waals surface area contributed by atoms with Gasteiger partial charge in [0.15, 0.2) is 19.7 Å². The number of amides is 3. The molecule has 0 spiro atoms. The molecule has 0 unspecified atom stereocenters. The zero-order valence-electron chi connectivity index (χ0n) is 26.7. The van der Waals surface area contributed by atoms with E-state index < -0.39 is 78.9 Å². The minimum atomic E-state index is -4.96. The van der Waals surface area contributed by atoms with Crippen molar-refractivity contribution < 1.29 is 62.0 Å². The van der Waals surface area contributed by atoms with E-state index in [1.54, 1.807) is 0 Å². The molecule has 0 radical (unpaired) electrons. The molecule has 278 valence electrons. The molecule has 0 aliphatic heterocycles. The Bertz CT molecular complexity index is 2600. The van der Waals surface area contributed by atoms with Crippen LogP contribution >= 0.6 is 0 Å². The van der Waals surface area contributed by atoms with Gasteiger partial charge in [0.05, 0.1) is 9.79 Å². The number of carbonyl (C=O) groups excluding carboxylic acids is 4. The maximum Gasteiger partial charge on any atom is 0.295 e. The highest BCUT2D eigenvalue weighted by Crippen LogP contribution is 2.27. The molecule has 21 heteroatoms. The highest BCUT2D eigenvalue weighted by Gasteiger charge is 2.21. The van der Waals surface area contributed by atoms with E-state index in [0.717, 1.165) is 72.8 Å². The molecule has 0 aliphatic carbocycles.